The molecule has 2 heterocycles. The van der Waals surface area contributed by atoms with E-state index >= 15 is 0 Å². The summed E-state index contributed by atoms with van der Waals surface area (Å²) < 4.78 is 0. The molecular formula is C20H31N3O2. The molecule has 0 bridgehead atoms. The Labute approximate surface area is 150 Å². The van der Waals surface area contributed by atoms with Crippen LogP contribution in [-0.4, -0.2) is 46.6 Å². The molecule has 25 heavy (non-hydrogen) atoms. The minimum absolute atomic E-state index is 0.0720. The van der Waals surface area contributed by atoms with Crippen LogP contribution in [0.25, 0.3) is 0 Å². The van der Waals surface area contributed by atoms with Crippen molar-refractivity contribution in [2.24, 2.45) is 11.8 Å². The van der Waals surface area contributed by atoms with Gasteiger partial charge in [0.15, 0.2) is 0 Å². The fourth-order valence-electron chi connectivity index (χ4n) is 4.12. The molecule has 1 saturated carbocycles. The third kappa shape index (κ3) is 5.02. The van der Waals surface area contributed by atoms with Crippen molar-refractivity contribution in [2.45, 2.75) is 57.6 Å². The largest absolute Gasteiger partial charge is 0.393 e. The monoisotopic (exact) mass is 345 g/mol. The highest BCUT2D eigenvalue weighted by molar-refractivity contribution is 5.76. The maximum absolute atomic E-state index is 12.6. The van der Waals surface area contributed by atoms with E-state index in [1.807, 2.05) is 18.2 Å². The van der Waals surface area contributed by atoms with Crippen LogP contribution < -0.4 is 5.32 Å². The lowest BCUT2D eigenvalue weighted by molar-refractivity contribution is -0.124. The van der Waals surface area contributed by atoms with Crippen LogP contribution >= 0.6 is 0 Å². The summed E-state index contributed by atoms with van der Waals surface area (Å²) in [4.78, 5) is 19.5. The van der Waals surface area contributed by atoms with Gasteiger partial charge >= 0.3 is 0 Å². The minimum atomic E-state index is -0.226. The van der Waals surface area contributed by atoms with E-state index in [1.165, 1.54) is 13.0 Å². The van der Waals surface area contributed by atoms with Crippen molar-refractivity contribution in [1.82, 2.24) is 15.2 Å². The Morgan fingerprint density at radius 2 is 2.12 bits per heavy atom. The Kier molecular flexibility index (Phi) is 6.43. The first-order valence-electron chi connectivity index (χ1n) is 9.76. The van der Waals surface area contributed by atoms with E-state index < -0.39 is 0 Å². The predicted octanol–water partition coefficient (Wildman–Crippen LogP) is 2.52. The normalized spacial score (nSPS) is 26.0. The average molecular weight is 345 g/mol. The van der Waals surface area contributed by atoms with Crippen molar-refractivity contribution in [3.05, 3.63) is 30.1 Å². The summed E-state index contributed by atoms with van der Waals surface area (Å²) >= 11 is 0. The topological polar surface area (TPSA) is 65.5 Å². The van der Waals surface area contributed by atoms with E-state index in [0.717, 1.165) is 44.5 Å². The number of pyridine rings is 1. The van der Waals surface area contributed by atoms with Gasteiger partial charge in [-0.15, -0.1) is 0 Å². The molecule has 1 aliphatic carbocycles. The molecule has 138 valence electrons. The fraction of sp³-hybridized carbons (Fsp3) is 0.700. The average Bonchev–Trinajstić information content (AvgIpc) is 2.60. The molecule has 2 N–H and O–H groups in total. The number of likely N-dealkylation sites (tertiary alicyclic amines) is 1. The van der Waals surface area contributed by atoms with Crippen LogP contribution in [0.2, 0.25) is 0 Å². The maximum atomic E-state index is 12.6. The fourth-order valence-corrected chi connectivity index (χ4v) is 4.12. The molecule has 1 aliphatic heterocycles. The quantitative estimate of drug-likeness (QED) is 0.797. The second-order valence-electron chi connectivity index (χ2n) is 7.67. The lowest BCUT2D eigenvalue weighted by atomic mass is 9.76. The van der Waals surface area contributed by atoms with E-state index in [1.54, 1.807) is 6.20 Å². The molecule has 1 aromatic heterocycles. The summed E-state index contributed by atoms with van der Waals surface area (Å²) in [5.74, 6) is 0.913. The van der Waals surface area contributed by atoms with E-state index in [9.17, 15) is 9.90 Å². The Morgan fingerprint density at radius 3 is 2.72 bits per heavy atom. The molecule has 2 aliphatic rings. The van der Waals surface area contributed by atoms with Crippen molar-refractivity contribution in [2.75, 3.05) is 19.6 Å². The number of hydrogen-bond acceptors (Lipinski definition) is 4. The zero-order valence-corrected chi connectivity index (χ0v) is 15.2. The Morgan fingerprint density at radius 1 is 1.36 bits per heavy atom. The summed E-state index contributed by atoms with van der Waals surface area (Å²) in [5.41, 5.74) is 0.908. The van der Waals surface area contributed by atoms with Gasteiger partial charge in [-0.2, -0.15) is 0 Å². The third-order valence-corrected chi connectivity index (χ3v) is 5.67. The maximum Gasteiger partial charge on any atom is 0.220 e. The highest BCUT2D eigenvalue weighted by atomic mass is 16.3. The summed E-state index contributed by atoms with van der Waals surface area (Å²) in [5, 5.41) is 12.9. The molecule has 5 heteroatoms. The molecule has 0 aromatic carbocycles. The number of aromatic nitrogens is 1. The number of amides is 1. The molecule has 3 rings (SSSR count). The van der Waals surface area contributed by atoms with Crippen molar-refractivity contribution < 1.29 is 9.90 Å². The van der Waals surface area contributed by atoms with Crippen molar-refractivity contribution in [3.63, 3.8) is 0 Å². The van der Waals surface area contributed by atoms with Gasteiger partial charge in [-0.3, -0.25) is 9.78 Å². The van der Waals surface area contributed by atoms with E-state index in [4.69, 9.17) is 0 Å². The van der Waals surface area contributed by atoms with Crippen LogP contribution in [0.4, 0.5) is 0 Å². The van der Waals surface area contributed by atoms with Gasteiger partial charge in [-0.05, 0) is 75.7 Å². The van der Waals surface area contributed by atoms with Crippen molar-refractivity contribution in [3.8, 4) is 0 Å². The Balaban J connectivity index is 1.52. The summed E-state index contributed by atoms with van der Waals surface area (Å²) in [7, 11) is 0. The molecule has 1 amide bonds. The summed E-state index contributed by atoms with van der Waals surface area (Å²) in [6.07, 6.45) is 7.08. The first kappa shape index (κ1) is 18.3. The lowest BCUT2D eigenvalue weighted by Crippen LogP contribution is -2.42. The van der Waals surface area contributed by atoms with Gasteiger partial charge in [0.1, 0.15) is 0 Å². The number of nitrogens with one attached hydrogen (secondary N) is 1. The summed E-state index contributed by atoms with van der Waals surface area (Å²) in [6.45, 7) is 5.62. The van der Waals surface area contributed by atoms with E-state index in [2.05, 4.69) is 22.1 Å². The molecule has 1 aromatic rings. The van der Waals surface area contributed by atoms with Gasteiger partial charge in [0.2, 0.25) is 5.91 Å². The van der Waals surface area contributed by atoms with Crippen LogP contribution in [0.15, 0.2) is 24.4 Å². The Bertz CT molecular complexity index is 537. The predicted molar refractivity (Wildman–Crippen MR) is 97.9 cm³/mol. The SMILES string of the molecule is CCCN1CCC(CC(=O)N[C@@H](c2ccccn2)C2CC(O)C2)CC1. The van der Waals surface area contributed by atoms with Crippen LogP contribution in [0.1, 0.15) is 57.2 Å². The van der Waals surface area contributed by atoms with Gasteiger partial charge in [0.05, 0.1) is 17.8 Å². The minimum Gasteiger partial charge on any atom is -0.393 e. The first-order valence-corrected chi connectivity index (χ1v) is 9.76. The zero-order valence-electron chi connectivity index (χ0n) is 15.2. The highest BCUT2D eigenvalue weighted by Crippen LogP contribution is 2.37. The number of rotatable bonds is 7. The van der Waals surface area contributed by atoms with Gasteiger partial charge in [0.25, 0.3) is 0 Å². The number of nitrogens with zero attached hydrogens (tertiary/aromatic N) is 2. The van der Waals surface area contributed by atoms with Gasteiger partial charge in [-0.1, -0.05) is 13.0 Å². The van der Waals surface area contributed by atoms with Gasteiger partial charge in [-0.25, -0.2) is 0 Å². The van der Waals surface area contributed by atoms with Crippen LogP contribution in [-0.2, 0) is 4.79 Å². The van der Waals surface area contributed by atoms with E-state index in [-0.39, 0.29) is 18.1 Å². The van der Waals surface area contributed by atoms with Gasteiger partial charge < -0.3 is 15.3 Å². The lowest BCUT2D eigenvalue weighted by Gasteiger charge is -2.38. The number of piperidine rings is 1. The van der Waals surface area contributed by atoms with Crippen LogP contribution in [0.5, 0.6) is 0 Å². The number of aliphatic hydroxyl groups excluding tert-OH is 1. The highest BCUT2D eigenvalue weighted by Gasteiger charge is 2.36. The number of carbonyl (C=O) groups excluding carboxylic acids is 1. The molecule has 0 radical (unpaired) electrons. The number of hydrogen-bond donors (Lipinski definition) is 2. The molecule has 5 nitrogen and oxygen atoms in total. The molecule has 1 saturated heterocycles. The smallest absolute Gasteiger partial charge is 0.220 e. The Hall–Kier alpha value is -1.46. The molecule has 1 atom stereocenters. The van der Waals surface area contributed by atoms with Crippen LogP contribution in [0.3, 0.4) is 0 Å². The second-order valence-corrected chi connectivity index (χ2v) is 7.67. The molecular weight excluding hydrogens is 314 g/mol. The van der Waals surface area contributed by atoms with Crippen LogP contribution in [0, 0.1) is 11.8 Å². The van der Waals surface area contributed by atoms with Crippen molar-refractivity contribution >= 4 is 5.91 Å². The summed E-state index contributed by atoms with van der Waals surface area (Å²) in [6, 6.07) is 5.75. The standard InChI is InChI=1S/C20H31N3O2/c1-2-9-23-10-6-15(7-11-23)12-19(25)22-20(16-13-17(24)14-16)18-5-3-4-8-21-18/h3-5,8,15-17,20,24H,2,6-7,9-14H2,1H3,(H,22,25)/t16?,17?,20-/m1/s1. The van der Waals surface area contributed by atoms with E-state index in [0.29, 0.717) is 18.3 Å². The molecule has 2 fully saturated rings. The number of carbonyl (C=O) groups is 1. The zero-order chi connectivity index (χ0) is 17.6. The molecule has 0 spiro atoms. The third-order valence-electron chi connectivity index (χ3n) is 5.67. The van der Waals surface area contributed by atoms with Gasteiger partial charge in [0, 0.05) is 12.6 Å². The first-order chi connectivity index (χ1) is 12.2. The molecule has 0 unspecified atom stereocenters. The van der Waals surface area contributed by atoms with Crippen molar-refractivity contribution in [1.29, 1.82) is 0 Å². The number of aliphatic hydroxyl groups is 1. The second kappa shape index (κ2) is 8.77.